The van der Waals surface area contributed by atoms with Gasteiger partial charge in [0, 0.05) is 19.3 Å². The third-order valence-electron chi connectivity index (χ3n) is 13.1. The van der Waals surface area contributed by atoms with Gasteiger partial charge in [0.2, 0.25) is 0 Å². The van der Waals surface area contributed by atoms with Crippen LogP contribution in [0, 0.1) is 0 Å². The van der Waals surface area contributed by atoms with Gasteiger partial charge in [-0.15, -0.1) is 0 Å². The van der Waals surface area contributed by atoms with E-state index in [0.717, 1.165) is 161 Å². The van der Waals surface area contributed by atoms with Crippen molar-refractivity contribution in [3.63, 3.8) is 0 Å². The number of hydrogen-bond acceptors (Lipinski definition) is 6. The maximum Gasteiger partial charge on any atom is 0.306 e. The molecule has 0 aliphatic heterocycles. The third-order valence-corrected chi connectivity index (χ3v) is 13.1. The highest BCUT2D eigenvalue weighted by atomic mass is 16.6. The quantitative estimate of drug-likeness (QED) is 0.0261. The van der Waals surface area contributed by atoms with Gasteiger partial charge in [0.1, 0.15) is 13.2 Å². The van der Waals surface area contributed by atoms with E-state index in [1.165, 1.54) is 77.0 Å². The van der Waals surface area contributed by atoms with E-state index in [9.17, 15) is 14.4 Å². The van der Waals surface area contributed by atoms with Crippen LogP contribution in [0.2, 0.25) is 0 Å². The second kappa shape index (κ2) is 64.1. The Morgan fingerprint density at radius 3 is 0.792 bits per heavy atom. The van der Waals surface area contributed by atoms with Gasteiger partial charge in [-0.2, -0.15) is 0 Å². The molecule has 1 atom stereocenters. The number of carbonyl (C=O) groups excluding carboxylic acids is 3. The number of allylic oxidation sites excluding steroid dienone is 22. The molecule has 0 aliphatic carbocycles. The SMILES string of the molecule is CC/C=C\C/C=C\C/C=C\C/C=C\C/C=C\CCCCCCCC(=O)OC(COC(=O)CCCCCCC/C=C\C/C=C\CCCCC)COC(=O)CCCCCCCCCCCC/C=C\C/C=C\C/C=C\C/C=C\CC. The lowest BCUT2D eigenvalue weighted by Gasteiger charge is -2.18. The molecule has 0 saturated heterocycles. The van der Waals surface area contributed by atoms with Crippen molar-refractivity contribution in [2.45, 2.75) is 284 Å². The Morgan fingerprint density at radius 2 is 0.506 bits per heavy atom. The van der Waals surface area contributed by atoms with Gasteiger partial charge in [-0.05, 0) is 135 Å². The molecule has 0 heterocycles. The van der Waals surface area contributed by atoms with E-state index in [-0.39, 0.29) is 31.1 Å². The molecule has 0 bridgehead atoms. The highest BCUT2D eigenvalue weighted by Gasteiger charge is 2.19. The summed E-state index contributed by atoms with van der Waals surface area (Å²) in [4.78, 5) is 38.3. The lowest BCUT2D eigenvalue weighted by molar-refractivity contribution is -0.167. The largest absolute Gasteiger partial charge is 0.462 e. The van der Waals surface area contributed by atoms with Crippen molar-refractivity contribution in [2.75, 3.05) is 13.2 Å². The second-order valence-corrected chi connectivity index (χ2v) is 20.5. The molecule has 0 rings (SSSR count). The highest BCUT2D eigenvalue weighted by Crippen LogP contribution is 2.15. The zero-order valence-corrected chi connectivity index (χ0v) is 49.9. The van der Waals surface area contributed by atoms with Crippen molar-refractivity contribution in [1.82, 2.24) is 0 Å². The van der Waals surface area contributed by atoms with E-state index in [0.29, 0.717) is 19.3 Å². The number of ether oxygens (including phenoxy) is 3. The van der Waals surface area contributed by atoms with E-state index >= 15 is 0 Å². The molecule has 0 aromatic rings. The van der Waals surface area contributed by atoms with E-state index in [1.54, 1.807) is 0 Å². The number of carbonyl (C=O) groups is 3. The monoisotopic (exact) mass is 1060 g/mol. The van der Waals surface area contributed by atoms with Gasteiger partial charge in [0.15, 0.2) is 6.10 Å². The van der Waals surface area contributed by atoms with Gasteiger partial charge in [-0.3, -0.25) is 14.4 Å². The summed E-state index contributed by atoms with van der Waals surface area (Å²) in [5.74, 6) is -0.931. The lowest BCUT2D eigenvalue weighted by atomic mass is 10.1. The molecule has 0 spiro atoms. The Labute approximate surface area is 475 Å². The summed E-state index contributed by atoms with van der Waals surface area (Å²) in [5.41, 5.74) is 0. The summed E-state index contributed by atoms with van der Waals surface area (Å²) in [6.07, 6.45) is 90.2. The van der Waals surface area contributed by atoms with Crippen LogP contribution in [-0.2, 0) is 28.6 Å². The van der Waals surface area contributed by atoms with Crippen LogP contribution >= 0.6 is 0 Å². The number of unbranched alkanes of at least 4 members (excludes halogenated alkanes) is 23. The molecule has 77 heavy (non-hydrogen) atoms. The summed E-state index contributed by atoms with van der Waals surface area (Å²) in [6, 6.07) is 0. The molecule has 0 amide bonds. The second-order valence-electron chi connectivity index (χ2n) is 20.5. The summed E-state index contributed by atoms with van der Waals surface area (Å²) in [6.45, 7) is 6.37. The van der Waals surface area contributed by atoms with Gasteiger partial charge in [0.25, 0.3) is 0 Å². The Bertz CT molecular complexity index is 1650. The predicted molar refractivity (Wildman–Crippen MR) is 334 cm³/mol. The molecule has 6 heteroatoms. The molecular weight excluding hydrogens is 949 g/mol. The van der Waals surface area contributed by atoms with Crippen molar-refractivity contribution >= 4 is 17.9 Å². The molecule has 436 valence electrons. The Hall–Kier alpha value is -4.45. The van der Waals surface area contributed by atoms with Crippen LogP contribution in [0.3, 0.4) is 0 Å². The molecule has 6 nitrogen and oxygen atoms in total. The van der Waals surface area contributed by atoms with E-state index < -0.39 is 6.10 Å². The molecule has 0 aromatic carbocycles. The third kappa shape index (κ3) is 62.3. The van der Waals surface area contributed by atoms with E-state index in [4.69, 9.17) is 14.2 Å². The van der Waals surface area contributed by atoms with Crippen LogP contribution in [0.4, 0.5) is 0 Å². The summed E-state index contributed by atoms with van der Waals surface area (Å²) >= 11 is 0. The Balaban J connectivity index is 4.44. The summed E-state index contributed by atoms with van der Waals surface area (Å²) < 4.78 is 16.9. The molecule has 0 fully saturated rings. The normalized spacial score (nSPS) is 13.0. The highest BCUT2D eigenvalue weighted by molar-refractivity contribution is 5.71. The standard InChI is InChI=1S/C71H116O6/c1-4-7-10-13-16-19-22-25-28-30-32-34-35-37-38-40-43-46-49-52-55-58-61-64-70(73)76-67-68(66-75-69(72)63-60-57-54-51-48-45-42-27-24-21-18-15-12-9-6-3)77-71(74)65-62-59-56-53-50-47-44-41-39-36-33-31-29-26-23-20-17-14-11-8-5-2/h7-8,10-11,16-21,25-29,32-34,36,41-42,44,68H,4-6,9,12-15,22-24,30-31,35,37-40,43,45-67H2,1-3H3/b10-7-,11-8-,19-16-,20-17-,21-18-,28-25-,29-26-,34-32-,36-33-,42-27-,44-41-. The molecule has 0 saturated carbocycles. The van der Waals surface area contributed by atoms with Crippen molar-refractivity contribution in [2.24, 2.45) is 0 Å². The molecule has 0 aromatic heterocycles. The van der Waals surface area contributed by atoms with Crippen molar-refractivity contribution in [3.8, 4) is 0 Å². The maximum atomic E-state index is 12.9. The smallest absolute Gasteiger partial charge is 0.306 e. The minimum atomic E-state index is -0.803. The number of hydrogen-bond donors (Lipinski definition) is 0. The van der Waals surface area contributed by atoms with Gasteiger partial charge in [-0.25, -0.2) is 0 Å². The van der Waals surface area contributed by atoms with Crippen molar-refractivity contribution in [1.29, 1.82) is 0 Å². The van der Waals surface area contributed by atoms with Crippen LogP contribution in [0.15, 0.2) is 134 Å². The summed E-state index contributed by atoms with van der Waals surface area (Å²) in [5, 5.41) is 0. The molecule has 1 unspecified atom stereocenters. The zero-order chi connectivity index (χ0) is 55.7. The molecular formula is C71H116O6. The van der Waals surface area contributed by atoms with E-state index in [1.807, 2.05) is 0 Å². The predicted octanol–water partition coefficient (Wildman–Crippen LogP) is 21.8. The summed E-state index contributed by atoms with van der Waals surface area (Å²) in [7, 11) is 0. The first kappa shape index (κ1) is 72.5. The minimum Gasteiger partial charge on any atom is -0.462 e. The fraction of sp³-hybridized carbons (Fsp3) is 0.648. The average Bonchev–Trinajstić information content (AvgIpc) is 3.43. The number of rotatable bonds is 56. The number of esters is 3. The Kier molecular flexibility index (Phi) is 60.4. The van der Waals surface area contributed by atoms with E-state index in [2.05, 4.69) is 154 Å². The van der Waals surface area contributed by atoms with Crippen LogP contribution in [0.5, 0.6) is 0 Å². The Morgan fingerprint density at radius 1 is 0.273 bits per heavy atom. The zero-order valence-electron chi connectivity index (χ0n) is 49.9. The fourth-order valence-corrected chi connectivity index (χ4v) is 8.43. The fourth-order valence-electron chi connectivity index (χ4n) is 8.43. The van der Waals surface area contributed by atoms with Crippen LogP contribution < -0.4 is 0 Å². The topological polar surface area (TPSA) is 78.9 Å². The first-order valence-electron chi connectivity index (χ1n) is 31.7. The lowest BCUT2D eigenvalue weighted by Crippen LogP contribution is -2.30. The van der Waals surface area contributed by atoms with Crippen LogP contribution in [0.25, 0.3) is 0 Å². The molecule has 0 N–H and O–H groups in total. The first-order valence-corrected chi connectivity index (χ1v) is 31.7. The maximum absolute atomic E-state index is 12.9. The van der Waals surface area contributed by atoms with Crippen LogP contribution in [-0.4, -0.2) is 37.2 Å². The molecule has 0 radical (unpaired) electrons. The minimum absolute atomic E-state index is 0.0964. The van der Waals surface area contributed by atoms with Gasteiger partial charge in [-0.1, -0.05) is 257 Å². The molecule has 0 aliphatic rings. The van der Waals surface area contributed by atoms with Gasteiger partial charge in [0.05, 0.1) is 0 Å². The average molecular weight is 1070 g/mol. The van der Waals surface area contributed by atoms with Crippen molar-refractivity contribution < 1.29 is 28.6 Å². The first-order chi connectivity index (χ1) is 38.0. The van der Waals surface area contributed by atoms with Crippen molar-refractivity contribution in [3.05, 3.63) is 134 Å². The van der Waals surface area contributed by atoms with Gasteiger partial charge < -0.3 is 14.2 Å². The van der Waals surface area contributed by atoms with Crippen LogP contribution in [0.1, 0.15) is 278 Å². The van der Waals surface area contributed by atoms with Gasteiger partial charge >= 0.3 is 17.9 Å².